The molecule has 0 aromatic carbocycles. The molecule has 0 aliphatic rings. The lowest BCUT2D eigenvalue weighted by molar-refractivity contribution is -0.141. The summed E-state index contributed by atoms with van der Waals surface area (Å²) in [5, 5.41) is 17.9. The zero-order valence-corrected chi connectivity index (χ0v) is 9.34. The van der Waals surface area contributed by atoms with Crippen LogP contribution in [0.1, 0.15) is 30.3 Å². The van der Waals surface area contributed by atoms with Crippen molar-refractivity contribution in [3.8, 4) is 0 Å². The molecular formula is C9H14N4O4. The Kier molecular flexibility index (Phi) is 4.44. The molecule has 4 N–H and O–H groups in total. The molecule has 94 valence electrons. The van der Waals surface area contributed by atoms with Crippen LogP contribution < -0.4 is 11.1 Å². The van der Waals surface area contributed by atoms with Crippen LogP contribution in [0.5, 0.6) is 0 Å². The number of anilines is 1. The number of hydrogen-bond acceptors (Lipinski definition) is 6. The molecule has 1 rings (SSSR count). The van der Waals surface area contributed by atoms with Crippen LogP contribution in [-0.4, -0.2) is 33.8 Å². The highest BCUT2D eigenvalue weighted by Gasteiger charge is 2.20. The van der Waals surface area contributed by atoms with Gasteiger partial charge in [0.05, 0.1) is 5.92 Å². The Morgan fingerprint density at radius 2 is 2.24 bits per heavy atom. The summed E-state index contributed by atoms with van der Waals surface area (Å²) in [6.07, 6.45) is 1.21. The van der Waals surface area contributed by atoms with Gasteiger partial charge in [0.2, 0.25) is 11.5 Å². The molecule has 0 bridgehead atoms. The average molecular weight is 242 g/mol. The molecule has 0 saturated heterocycles. The zero-order valence-electron chi connectivity index (χ0n) is 9.34. The largest absolute Gasteiger partial charge is 0.481 e. The van der Waals surface area contributed by atoms with Crippen molar-refractivity contribution in [2.75, 3.05) is 12.3 Å². The fourth-order valence-electron chi connectivity index (χ4n) is 1.31. The number of nitrogen functional groups attached to an aromatic ring is 1. The third-order valence-electron chi connectivity index (χ3n) is 2.22. The molecule has 1 heterocycles. The fraction of sp³-hybridized carbons (Fsp3) is 0.556. The second-order valence-electron chi connectivity index (χ2n) is 3.53. The van der Waals surface area contributed by atoms with Crippen molar-refractivity contribution in [3.05, 3.63) is 5.69 Å². The van der Waals surface area contributed by atoms with Gasteiger partial charge in [0.15, 0.2) is 0 Å². The summed E-state index contributed by atoms with van der Waals surface area (Å²) in [6.45, 7) is 1.89. The standard InChI is InChI=1S/C9H14N4O4/c1-2-3-5(9(15)16)4-11-8(14)6-7(10)13-17-12-6/h5H,2-4H2,1H3,(H2,10,13)(H,11,14)(H,15,16). The molecule has 1 aromatic rings. The maximum atomic E-state index is 11.5. The third-order valence-corrected chi connectivity index (χ3v) is 2.22. The van der Waals surface area contributed by atoms with Crippen molar-refractivity contribution in [3.63, 3.8) is 0 Å². The highest BCUT2D eigenvalue weighted by molar-refractivity contribution is 5.96. The van der Waals surface area contributed by atoms with Gasteiger partial charge in [-0.25, -0.2) is 4.63 Å². The molecule has 1 atom stereocenters. The van der Waals surface area contributed by atoms with E-state index in [9.17, 15) is 9.59 Å². The maximum Gasteiger partial charge on any atom is 0.308 e. The molecule has 0 radical (unpaired) electrons. The number of rotatable bonds is 6. The van der Waals surface area contributed by atoms with Crippen molar-refractivity contribution in [1.29, 1.82) is 0 Å². The first kappa shape index (κ1) is 12.9. The summed E-state index contributed by atoms with van der Waals surface area (Å²) in [4.78, 5) is 22.3. The van der Waals surface area contributed by atoms with E-state index in [0.717, 1.165) is 6.42 Å². The van der Waals surface area contributed by atoms with Crippen molar-refractivity contribution in [1.82, 2.24) is 15.6 Å². The Balaban J connectivity index is 2.52. The Morgan fingerprint density at radius 3 is 2.71 bits per heavy atom. The van der Waals surface area contributed by atoms with E-state index < -0.39 is 17.8 Å². The monoisotopic (exact) mass is 242 g/mol. The summed E-state index contributed by atoms with van der Waals surface area (Å²) >= 11 is 0. The average Bonchev–Trinajstić information content (AvgIpc) is 2.69. The Morgan fingerprint density at radius 1 is 1.53 bits per heavy atom. The van der Waals surface area contributed by atoms with Crippen LogP contribution >= 0.6 is 0 Å². The SMILES string of the molecule is CCCC(CNC(=O)c1nonc1N)C(=O)O. The molecule has 17 heavy (non-hydrogen) atoms. The Labute approximate surface area is 97.1 Å². The predicted molar refractivity (Wildman–Crippen MR) is 57.1 cm³/mol. The van der Waals surface area contributed by atoms with Crippen LogP contribution in [0.25, 0.3) is 0 Å². The van der Waals surface area contributed by atoms with Crippen molar-refractivity contribution < 1.29 is 19.3 Å². The van der Waals surface area contributed by atoms with E-state index in [1.165, 1.54) is 0 Å². The lowest BCUT2D eigenvalue weighted by Crippen LogP contribution is -2.33. The van der Waals surface area contributed by atoms with Gasteiger partial charge in [0, 0.05) is 6.54 Å². The second-order valence-corrected chi connectivity index (χ2v) is 3.53. The minimum absolute atomic E-state index is 0.0221. The van der Waals surface area contributed by atoms with E-state index in [1.807, 2.05) is 6.92 Å². The van der Waals surface area contributed by atoms with Crippen LogP contribution in [0.2, 0.25) is 0 Å². The predicted octanol–water partition coefficient (Wildman–Crippen LogP) is -0.117. The van der Waals surface area contributed by atoms with E-state index in [0.29, 0.717) is 6.42 Å². The number of carbonyl (C=O) groups is 2. The third kappa shape index (κ3) is 3.44. The molecule has 0 saturated carbocycles. The molecule has 0 spiro atoms. The number of carboxylic acids is 1. The molecule has 1 unspecified atom stereocenters. The minimum Gasteiger partial charge on any atom is -0.481 e. The highest BCUT2D eigenvalue weighted by Crippen LogP contribution is 2.07. The lowest BCUT2D eigenvalue weighted by Gasteiger charge is -2.11. The van der Waals surface area contributed by atoms with E-state index in [4.69, 9.17) is 10.8 Å². The number of aromatic nitrogens is 2. The van der Waals surface area contributed by atoms with Crippen LogP contribution in [0.15, 0.2) is 4.63 Å². The summed E-state index contributed by atoms with van der Waals surface area (Å²) in [5.41, 5.74) is 5.19. The molecular weight excluding hydrogens is 228 g/mol. The van der Waals surface area contributed by atoms with Gasteiger partial charge in [-0.2, -0.15) is 0 Å². The van der Waals surface area contributed by atoms with E-state index in [1.54, 1.807) is 0 Å². The second kappa shape index (κ2) is 5.83. The normalized spacial score (nSPS) is 12.1. The highest BCUT2D eigenvalue weighted by atomic mass is 16.6. The van der Waals surface area contributed by atoms with Crippen LogP contribution in [0.3, 0.4) is 0 Å². The van der Waals surface area contributed by atoms with Crippen LogP contribution in [-0.2, 0) is 4.79 Å². The minimum atomic E-state index is -0.946. The molecule has 0 aliphatic carbocycles. The number of carboxylic acid groups (broad SMARTS) is 1. The van der Waals surface area contributed by atoms with Gasteiger partial charge in [-0.05, 0) is 16.7 Å². The molecule has 8 nitrogen and oxygen atoms in total. The van der Waals surface area contributed by atoms with Crippen molar-refractivity contribution in [2.45, 2.75) is 19.8 Å². The number of nitrogens with two attached hydrogens (primary N) is 1. The molecule has 1 amide bonds. The fourth-order valence-corrected chi connectivity index (χ4v) is 1.31. The first-order valence-electron chi connectivity index (χ1n) is 5.15. The van der Waals surface area contributed by atoms with Gasteiger partial charge in [0.1, 0.15) is 0 Å². The Hall–Kier alpha value is -2.12. The van der Waals surface area contributed by atoms with Crippen LogP contribution in [0, 0.1) is 5.92 Å². The van der Waals surface area contributed by atoms with Gasteiger partial charge in [-0.15, -0.1) is 0 Å². The quantitative estimate of drug-likeness (QED) is 0.633. The van der Waals surface area contributed by atoms with Gasteiger partial charge in [-0.1, -0.05) is 13.3 Å². The molecule has 0 aliphatic heterocycles. The molecule has 0 fully saturated rings. The summed E-state index contributed by atoms with van der Waals surface area (Å²) < 4.78 is 4.27. The summed E-state index contributed by atoms with van der Waals surface area (Å²) in [6, 6.07) is 0. The van der Waals surface area contributed by atoms with Gasteiger partial charge in [0.25, 0.3) is 5.91 Å². The smallest absolute Gasteiger partial charge is 0.308 e. The number of carbonyl (C=O) groups excluding carboxylic acids is 1. The van der Waals surface area contributed by atoms with Crippen molar-refractivity contribution >= 4 is 17.7 Å². The van der Waals surface area contributed by atoms with E-state index in [2.05, 4.69) is 20.3 Å². The number of nitrogens with zero attached hydrogens (tertiary/aromatic N) is 2. The zero-order chi connectivity index (χ0) is 12.8. The van der Waals surface area contributed by atoms with E-state index >= 15 is 0 Å². The lowest BCUT2D eigenvalue weighted by atomic mass is 10.0. The summed E-state index contributed by atoms with van der Waals surface area (Å²) in [5.74, 6) is -2.28. The van der Waals surface area contributed by atoms with Crippen LogP contribution in [0.4, 0.5) is 5.82 Å². The number of nitrogens with one attached hydrogen (secondary N) is 1. The first-order valence-corrected chi connectivity index (χ1v) is 5.15. The Bertz CT molecular complexity index is 403. The van der Waals surface area contributed by atoms with Gasteiger partial charge in [-0.3, -0.25) is 9.59 Å². The van der Waals surface area contributed by atoms with E-state index in [-0.39, 0.29) is 18.1 Å². The number of aliphatic carboxylic acids is 1. The topological polar surface area (TPSA) is 131 Å². The molecule has 1 aromatic heterocycles. The maximum absolute atomic E-state index is 11.5. The number of hydrogen-bond donors (Lipinski definition) is 3. The summed E-state index contributed by atoms with van der Waals surface area (Å²) in [7, 11) is 0. The van der Waals surface area contributed by atoms with Crippen molar-refractivity contribution in [2.24, 2.45) is 5.92 Å². The first-order chi connectivity index (χ1) is 8.06. The molecule has 8 heteroatoms. The number of amides is 1. The van der Waals surface area contributed by atoms with Gasteiger partial charge < -0.3 is 16.2 Å². The van der Waals surface area contributed by atoms with Gasteiger partial charge >= 0.3 is 5.97 Å².